The lowest BCUT2D eigenvalue weighted by Crippen LogP contribution is -2.28. The number of halogens is 2. The van der Waals surface area contributed by atoms with Gasteiger partial charge in [-0.15, -0.1) is 0 Å². The Morgan fingerprint density at radius 2 is 1.91 bits per heavy atom. The van der Waals surface area contributed by atoms with Crippen LogP contribution in [0.4, 0.5) is 4.39 Å². The first-order valence-corrected chi connectivity index (χ1v) is 8.73. The number of rotatable bonds is 1. The van der Waals surface area contributed by atoms with E-state index in [2.05, 4.69) is 34.8 Å². The highest BCUT2D eigenvalue weighted by Crippen LogP contribution is 2.19. The van der Waals surface area contributed by atoms with Crippen molar-refractivity contribution in [3.05, 3.63) is 34.1 Å². The van der Waals surface area contributed by atoms with E-state index in [1.54, 1.807) is 11.0 Å². The summed E-state index contributed by atoms with van der Waals surface area (Å²) in [6.07, 6.45) is 4.84. The van der Waals surface area contributed by atoms with Crippen molar-refractivity contribution in [3.8, 4) is 0 Å². The summed E-state index contributed by atoms with van der Waals surface area (Å²) in [6.45, 7) is 5.08. The minimum absolute atomic E-state index is 0.167. The Bertz CT molecular complexity index is 509. The van der Waals surface area contributed by atoms with Crippen LogP contribution in [-0.4, -0.2) is 48.4 Å². The van der Waals surface area contributed by atoms with Crippen LogP contribution in [0, 0.1) is 5.82 Å². The lowest BCUT2D eigenvalue weighted by molar-refractivity contribution is 0.0788. The molecule has 2 fully saturated rings. The van der Waals surface area contributed by atoms with Gasteiger partial charge in [0.2, 0.25) is 0 Å². The van der Waals surface area contributed by atoms with Crippen LogP contribution in [0.25, 0.3) is 0 Å². The van der Waals surface area contributed by atoms with Crippen molar-refractivity contribution in [1.82, 2.24) is 9.80 Å². The molecule has 0 unspecified atom stereocenters. The van der Waals surface area contributed by atoms with Crippen molar-refractivity contribution >= 4 is 21.8 Å². The van der Waals surface area contributed by atoms with Crippen LogP contribution in [0.15, 0.2) is 22.7 Å². The minimum atomic E-state index is -0.457. The number of hydrogen-bond acceptors (Lipinski definition) is 2. The summed E-state index contributed by atoms with van der Waals surface area (Å²) in [6, 6.07) is 5.38. The van der Waals surface area contributed by atoms with Gasteiger partial charge in [0.25, 0.3) is 5.91 Å². The van der Waals surface area contributed by atoms with Gasteiger partial charge >= 0.3 is 0 Å². The molecule has 1 aromatic rings. The number of hydrogen-bond donors (Lipinski definition) is 0. The third kappa shape index (κ3) is 4.53. The summed E-state index contributed by atoms with van der Waals surface area (Å²) in [7, 11) is 2.19. The molecule has 3 nitrogen and oxygen atoms in total. The number of nitrogens with zero attached hydrogens (tertiary/aromatic N) is 2. The zero-order valence-electron chi connectivity index (χ0n) is 13.3. The maximum absolute atomic E-state index is 13.5. The first-order chi connectivity index (χ1) is 10.5. The molecule has 0 radical (unpaired) electrons. The summed E-state index contributed by atoms with van der Waals surface area (Å²) in [5.74, 6) is -0.654. The lowest BCUT2D eigenvalue weighted by atomic mass is 10.2. The molecule has 1 aromatic carbocycles. The molecule has 2 aliphatic heterocycles. The number of benzene rings is 1. The van der Waals surface area contributed by atoms with E-state index in [1.807, 2.05) is 0 Å². The predicted molar refractivity (Wildman–Crippen MR) is 90.6 cm³/mol. The first kappa shape index (κ1) is 17.4. The van der Waals surface area contributed by atoms with E-state index < -0.39 is 5.82 Å². The summed E-state index contributed by atoms with van der Waals surface area (Å²) in [4.78, 5) is 16.0. The Hall–Kier alpha value is -0.940. The van der Waals surface area contributed by atoms with Gasteiger partial charge in [-0.25, -0.2) is 4.39 Å². The summed E-state index contributed by atoms with van der Waals surface area (Å²) < 4.78 is 14.1. The second kappa shape index (κ2) is 8.06. The average Bonchev–Trinajstić information content (AvgIpc) is 3.12. The Morgan fingerprint density at radius 1 is 1.23 bits per heavy atom. The highest BCUT2D eigenvalue weighted by Gasteiger charge is 2.21. The molecule has 1 atom stereocenters. The van der Waals surface area contributed by atoms with Crippen molar-refractivity contribution in [2.75, 3.05) is 26.7 Å². The van der Waals surface area contributed by atoms with Crippen LogP contribution in [0.5, 0.6) is 0 Å². The maximum atomic E-state index is 13.5. The van der Waals surface area contributed by atoms with E-state index >= 15 is 0 Å². The normalized spacial score (nSPS) is 21.6. The third-order valence-electron chi connectivity index (χ3n) is 4.44. The molecule has 2 aliphatic rings. The van der Waals surface area contributed by atoms with E-state index in [1.165, 1.54) is 31.5 Å². The molecule has 2 saturated heterocycles. The molecule has 1 amide bonds. The summed E-state index contributed by atoms with van der Waals surface area (Å²) in [5, 5.41) is 0. The Kier molecular flexibility index (Phi) is 6.38. The summed E-state index contributed by atoms with van der Waals surface area (Å²) >= 11 is 3.16. The van der Waals surface area contributed by atoms with Gasteiger partial charge in [0.1, 0.15) is 5.82 Å². The summed E-state index contributed by atoms with van der Waals surface area (Å²) in [5.41, 5.74) is 0.167. The maximum Gasteiger partial charge on any atom is 0.256 e. The largest absolute Gasteiger partial charge is 0.339 e. The molecule has 0 spiro atoms. The molecule has 0 aliphatic carbocycles. The van der Waals surface area contributed by atoms with E-state index in [-0.39, 0.29) is 11.5 Å². The van der Waals surface area contributed by atoms with Gasteiger partial charge < -0.3 is 9.80 Å². The average molecular weight is 371 g/mol. The van der Waals surface area contributed by atoms with E-state index in [4.69, 9.17) is 0 Å². The van der Waals surface area contributed by atoms with Crippen LogP contribution in [0.2, 0.25) is 0 Å². The second-order valence-corrected chi connectivity index (χ2v) is 7.01. The second-order valence-electron chi connectivity index (χ2n) is 6.10. The zero-order chi connectivity index (χ0) is 16.1. The molecule has 2 heterocycles. The van der Waals surface area contributed by atoms with E-state index in [0.717, 1.165) is 32.0 Å². The van der Waals surface area contributed by atoms with Gasteiger partial charge in [-0.3, -0.25) is 4.79 Å². The van der Waals surface area contributed by atoms with Crippen molar-refractivity contribution < 1.29 is 9.18 Å². The fourth-order valence-corrected chi connectivity index (χ4v) is 3.16. The molecule has 22 heavy (non-hydrogen) atoms. The van der Waals surface area contributed by atoms with Gasteiger partial charge in [-0.05, 0) is 64.4 Å². The van der Waals surface area contributed by atoms with Gasteiger partial charge in [-0.2, -0.15) is 0 Å². The fourth-order valence-electron chi connectivity index (χ4n) is 2.83. The molecule has 0 aromatic heterocycles. The van der Waals surface area contributed by atoms with E-state index in [9.17, 15) is 9.18 Å². The molecular formula is C17H24BrFN2O. The van der Waals surface area contributed by atoms with Crippen molar-refractivity contribution in [1.29, 1.82) is 0 Å². The first-order valence-electron chi connectivity index (χ1n) is 7.93. The van der Waals surface area contributed by atoms with Crippen molar-refractivity contribution in [2.45, 2.75) is 38.6 Å². The number of amides is 1. The van der Waals surface area contributed by atoms with Gasteiger partial charge in [0.15, 0.2) is 0 Å². The highest BCUT2D eigenvalue weighted by atomic mass is 79.9. The van der Waals surface area contributed by atoms with Gasteiger partial charge in [0, 0.05) is 23.6 Å². The van der Waals surface area contributed by atoms with Crippen LogP contribution in [-0.2, 0) is 0 Å². The minimum Gasteiger partial charge on any atom is -0.339 e. The molecular weight excluding hydrogens is 347 g/mol. The molecule has 0 N–H and O–H groups in total. The number of carbonyl (C=O) groups is 1. The standard InChI is InChI=1S/C11H11BrFNO.C6H13N/c12-8-3-4-9(10(13)7-8)11(15)14-5-1-2-6-14;1-6-4-3-5-7(6)2/h3-4,7H,1-2,5-6H2;6H,3-5H2,1-2H3/t;6-/m.1/s1. The molecule has 3 rings (SSSR count). The predicted octanol–water partition coefficient (Wildman–Crippen LogP) is 3.92. The fraction of sp³-hybridized carbons (Fsp3) is 0.588. The Balaban J connectivity index is 0.000000211. The van der Waals surface area contributed by atoms with Crippen molar-refractivity contribution in [3.63, 3.8) is 0 Å². The lowest BCUT2D eigenvalue weighted by Gasteiger charge is -2.15. The molecule has 0 saturated carbocycles. The topological polar surface area (TPSA) is 23.6 Å². The Labute approximate surface area is 140 Å². The molecule has 5 heteroatoms. The highest BCUT2D eigenvalue weighted by molar-refractivity contribution is 9.10. The van der Waals surface area contributed by atoms with Crippen molar-refractivity contribution in [2.24, 2.45) is 0 Å². The van der Waals surface area contributed by atoms with Gasteiger partial charge in [0.05, 0.1) is 5.56 Å². The van der Waals surface area contributed by atoms with Gasteiger partial charge in [-0.1, -0.05) is 15.9 Å². The smallest absolute Gasteiger partial charge is 0.256 e. The SMILES string of the molecule is C[C@@H]1CCCN1C.O=C(c1ccc(Br)cc1F)N1CCCC1. The van der Waals surface area contributed by atoms with Crippen LogP contribution in [0.1, 0.15) is 43.0 Å². The number of likely N-dealkylation sites (tertiary alicyclic amines) is 2. The quantitative estimate of drug-likeness (QED) is 0.747. The zero-order valence-corrected chi connectivity index (χ0v) is 14.9. The van der Waals surface area contributed by atoms with E-state index in [0.29, 0.717) is 4.47 Å². The molecule has 122 valence electrons. The van der Waals surface area contributed by atoms with Crippen LogP contribution >= 0.6 is 15.9 Å². The molecule has 0 bridgehead atoms. The van der Waals surface area contributed by atoms with Crippen LogP contribution in [0.3, 0.4) is 0 Å². The number of carbonyl (C=O) groups excluding carboxylic acids is 1. The third-order valence-corrected chi connectivity index (χ3v) is 4.93. The monoisotopic (exact) mass is 370 g/mol. The Morgan fingerprint density at radius 3 is 2.36 bits per heavy atom. The van der Waals surface area contributed by atoms with Crippen LogP contribution < -0.4 is 0 Å².